The Kier molecular flexibility index (Phi) is 6.54. The number of nitrogens with one attached hydrogen (secondary N) is 1. The molecule has 1 aliphatic rings. The van der Waals surface area contributed by atoms with Gasteiger partial charge in [0.05, 0.1) is 0 Å². The van der Waals surface area contributed by atoms with Crippen LogP contribution >= 0.6 is 0 Å². The lowest BCUT2D eigenvalue weighted by atomic mass is 9.89. The summed E-state index contributed by atoms with van der Waals surface area (Å²) in [6.07, 6.45) is 0.828. The summed E-state index contributed by atoms with van der Waals surface area (Å²) in [6.45, 7) is 2.90. The van der Waals surface area contributed by atoms with Gasteiger partial charge in [0, 0.05) is 28.8 Å². The van der Waals surface area contributed by atoms with E-state index in [0.29, 0.717) is 52.5 Å². The van der Waals surface area contributed by atoms with Gasteiger partial charge in [-0.15, -0.1) is 0 Å². The molecule has 0 saturated heterocycles. The third-order valence-electron chi connectivity index (χ3n) is 6.23. The number of rotatable bonds is 7. The van der Waals surface area contributed by atoms with Gasteiger partial charge < -0.3 is 19.2 Å². The van der Waals surface area contributed by atoms with Crippen molar-refractivity contribution in [3.63, 3.8) is 0 Å². The van der Waals surface area contributed by atoms with Crippen LogP contribution in [0.25, 0.3) is 11.0 Å². The number of carbonyl (C=O) groups is 2. The van der Waals surface area contributed by atoms with E-state index in [1.807, 2.05) is 31.2 Å². The first kappa shape index (κ1) is 23.4. The van der Waals surface area contributed by atoms with E-state index in [1.165, 1.54) is 6.07 Å². The Labute approximate surface area is 207 Å². The third kappa shape index (κ3) is 4.86. The molecule has 0 spiro atoms. The zero-order valence-electron chi connectivity index (χ0n) is 19.8. The van der Waals surface area contributed by atoms with Crippen LogP contribution in [0.4, 0.5) is 5.69 Å². The van der Waals surface area contributed by atoms with Gasteiger partial charge >= 0.3 is 5.63 Å². The molecule has 5 rings (SSSR count). The van der Waals surface area contributed by atoms with Crippen molar-refractivity contribution in [2.75, 3.05) is 18.5 Å². The number of benzene rings is 3. The molecule has 182 valence electrons. The van der Waals surface area contributed by atoms with E-state index >= 15 is 0 Å². The molecular weight excluding hydrogens is 458 g/mol. The van der Waals surface area contributed by atoms with Gasteiger partial charge in [0.25, 0.3) is 0 Å². The number of carbonyl (C=O) groups excluding carboxylic acids is 2. The van der Waals surface area contributed by atoms with Gasteiger partial charge in [0.15, 0.2) is 17.3 Å². The zero-order valence-corrected chi connectivity index (χ0v) is 19.8. The molecule has 0 fully saturated rings. The highest BCUT2D eigenvalue weighted by molar-refractivity contribution is 6.14. The first-order valence-corrected chi connectivity index (χ1v) is 11.9. The molecule has 1 amide bonds. The van der Waals surface area contributed by atoms with Crippen LogP contribution in [0.15, 0.2) is 82.0 Å². The standard InChI is InChI=1S/C29H25NO6/c1-2-18-8-10-22-20(16-27(31)36-25(22)14-18)15-23(28(32)19-6-4-3-5-7-19)29(33)30-21-9-11-24-26(17-21)35-13-12-34-24/h3-11,14,16-17,23H,2,12-13,15H2,1H3,(H,30,33). The third-order valence-corrected chi connectivity index (χ3v) is 6.23. The minimum Gasteiger partial charge on any atom is -0.486 e. The van der Waals surface area contributed by atoms with E-state index < -0.39 is 17.5 Å². The van der Waals surface area contributed by atoms with Gasteiger partial charge in [-0.25, -0.2) is 4.79 Å². The number of amides is 1. The van der Waals surface area contributed by atoms with Crippen LogP contribution < -0.4 is 20.4 Å². The van der Waals surface area contributed by atoms with Crippen molar-refractivity contribution in [3.05, 3.63) is 99.9 Å². The molecule has 36 heavy (non-hydrogen) atoms. The van der Waals surface area contributed by atoms with Crippen LogP contribution in [0, 0.1) is 5.92 Å². The summed E-state index contributed by atoms with van der Waals surface area (Å²) in [7, 11) is 0. The average molecular weight is 484 g/mol. The first-order valence-electron chi connectivity index (χ1n) is 11.9. The van der Waals surface area contributed by atoms with Crippen molar-refractivity contribution in [2.45, 2.75) is 19.8 Å². The summed E-state index contributed by atoms with van der Waals surface area (Å²) < 4.78 is 16.6. The zero-order chi connectivity index (χ0) is 25.1. The molecule has 3 aromatic carbocycles. The van der Waals surface area contributed by atoms with Gasteiger partial charge in [-0.1, -0.05) is 49.4 Å². The SMILES string of the molecule is CCc1ccc2c(CC(C(=O)Nc3ccc4c(c3)OCCO4)C(=O)c3ccccc3)cc(=O)oc2c1. The summed E-state index contributed by atoms with van der Waals surface area (Å²) in [5, 5.41) is 3.55. The van der Waals surface area contributed by atoms with Crippen LogP contribution in [0.1, 0.15) is 28.4 Å². The lowest BCUT2D eigenvalue weighted by molar-refractivity contribution is -0.118. The van der Waals surface area contributed by atoms with Crippen molar-refractivity contribution in [1.29, 1.82) is 0 Å². The number of fused-ring (bicyclic) bond motifs is 2. The quantitative estimate of drug-likeness (QED) is 0.230. The molecule has 1 atom stereocenters. The Hall–Kier alpha value is -4.39. The topological polar surface area (TPSA) is 94.8 Å². The maximum Gasteiger partial charge on any atom is 0.336 e. The van der Waals surface area contributed by atoms with Gasteiger partial charge in [-0.3, -0.25) is 9.59 Å². The predicted octanol–water partition coefficient (Wildman–Crippen LogP) is 4.81. The highest BCUT2D eigenvalue weighted by atomic mass is 16.6. The maximum atomic E-state index is 13.5. The van der Waals surface area contributed by atoms with E-state index in [2.05, 4.69) is 5.32 Å². The Morgan fingerprint density at radius 2 is 1.69 bits per heavy atom. The van der Waals surface area contributed by atoms with E-state index in [4.69, 9.17) is 13.9 Å². The number of ether oxygens (including phenoxy) is 2. The number of hydrogen-bond acceptors (Lipinski definition) is 6. The second kappa shape index (κ2) is 10.1. The molecule has 1 aromatic heterocycles. The number of ketones is 1. The first-order chi connectivity index (χ1) is 17.5. The fraction of sp³-hybridized carbons (Fsp3) is 0.207. The normalized spacial score (nSPS) is 13.2. The number of hydrogen-bond donors (Lipinski definition) is 1. The molecule has 7 nitrogen and oxygen atoms in total. The Balaban J connectivity index is 1.50. The molecule has 1 aliphatic heterocycles. The highest BCUT2D eigenvalue weighted by Gasteiger charge is 2.29. The summed E-state index contributed by atoms with van der Waals surface area (Å²) in [6, 6.07) is 20.8. The molecule has 1 unspecified atom stereocenters. The van der Waals surface area contributed by atoms with E-state index in [9.17, 15) is 14.4 Å². The van der Waals surface area contributed by atoms with Crippen molar-refractivity contribution < 1.29 is 23.5 Å². The largest absolute Gasteiger partial charge is 0.486 e. The molecule has 0 bridgehead atoms. The summed E-state index contributed by atoms with van der Waals surface area (Å²) in [5.41, 5.74) is 2.42. The molecule has 1 N–H and O–H groups in total. The second-order valence-electron chi connectivity index (χ2n) is 8.61. The molecule has 0 radical (unpaired) electrons. The molecule has 4 aromatic rings. The minimum atomic E-state index is -1.07. The van der Waals surface area contributed by atoms with Gasteiger partial charge in [-0.2, -0.15) is 0 Å². The fourth-order valence-corrected chi connectivity index (χ4v) is 4.34. The average Bonchev–Trinajstić information content (AvgIpc) is 2.91. The highest BCUT2D eigenvalue weighted by Crippen LogP contribution is 2.33. The van der Waals surface area contributed by atoms with Crippen molar-refractivity contribution in [1.82, 2.24) is 0 Å². The minimum absolute atomic E-state index is 0.0394. The number of aryl methyl sites for hydroxylation is 1. The van der Waals surface area contributed by atoms with Gasteiger partial charge in [-0.05, 0) is 42.2 Å². The molecule has 7 heteroatoms. The van der Waals surface area contributed by atoms with Gasteiger partial charge in [0.2, 0.25) is 5.91 Å². The monoisotopic (exact) mass is 483 g/mol. The predicted molar refractivity (Wildman–Crippen MR) is 136 cm³/mol. The molecule has 2 heterocycles. The summed E-state index contributed by atoms with van der Waals surface area (Å²) >= 11 is 0. The van der Waals surface area contributed by atoms with Crippen LogP contribution in [0.5, 0.6) is 11.5 Å². The van der Waals surface area contributed by atoms with Crippen molar-refractivity contribution in [2.24, 2.45) is 5.92 Å². The molecule has 0 aliphatic carbocycles. The maximum absolute atomic E-state index is 13.5. The van der Waals surface area contributed by atoms with Crippen LogP contribution in [0.3, 0.4) is 0 Å². The number of anilines is 1. The molecule has 0 saturated carbocycles. The second-order valence-corrected chi connectivity index (χ2v) is 8.61. The van der Waals surface area contributed by atoms with Crippen LogP contribution in [-0.4, -0.2) is 24.9 Å². The Morgan fingerprint density at radius 1 is 0.917 bits per heavy atom. The Bertz CT molecular complexity index is 1490. The van der Waals surface area contributed by atoms with Crippen LogP contribution in [-0.2, 0) is 17.6 Å². The smallest absolute Gasteiger partial charge is 0.336 e. The van der Waals surface area contributed by atoms with E-state index in [0.717, 1.165) is 12.0 Å². The number of Topliss-reactive ketones (excluding diaryl/α,β-unsaturated/α-hetero) is 1. The summed E-state index contributed by atoms with van der Waals surface area (Å²) in [4.78, 5) is 39.4. The van der Waals surface area contributed by atoms with Gasteiger partial charge in [0.1, 0.15) is 24.7 Å². The lowest BCUT2D eigenvalue weighted by Gasteiger charge is -2.20. The van der Waals surface area contributed by atoms with E-state index in [-0.39, 0.29) is 12.2 Å². The van der Waals surface area contributed by atoms with E-state index in [1.54, 1.807) is 42.5 Å². The Morgan fingerprint density at radius 3 is 2.47 bits per heavy atom. The van der Waals surface area contributed by atoms with Crippen molar-refractivity contribution >= 4 is 28.3 Å². The van der Waals surface area contributed by atoms with Crippen LogP contribution in [0.2, 0.25) is 0 Å². The van der Waals surface area contributed by atoms with Crippen molar-refractivity contribution in [3.8, 4) is 11.5 Å². The lowest BCUT2D eigenvalue weighted by Crippen LogP contribution is -2.32. The summed E-state index contributed by atoms with van der Waals surface area (Å²) in [5.74, 6) is -0.755. The molecular formula is C29H25NO6. The fourth-order valence-electron chi connectivity index (χ4n) is 4.34.